The van der Waals surface area contributed by atoms with Crippen molar-refractivity contribution in [1.82, 2.24) is 0 Å². The largest absolute Gasteiger partial charge is 0.506 e. The maximum atomic E-state index is 12.0. The fourth-order valence-electron chi connectivity index (χ4n) is 2.17. The van der Waals surface area contributed by atoms with E-state index in [1.165, 1.54) is 18.9 Å². The summed E-state index contributed by atoms with van der Waals surface area (Å²) in [6.07, 6.45) is 1.67. The van der Waals surface area contributed by atoms with Crippen molar-refractivity contribution in [3.05, 3.63) is 70.2 Å². The molecule has 0 spiro atoms. The van der Waals surface area contributed by atoms with Crippen LogP contribution in [0.15, 0.2) is 68.1 Å². The third-order valence-corrected chi connectivity index (χ3v) is 4.32. The maximum Gasteiger partial charge on any atom is 0.344 e. The first-order valence-electron chi connectivity index (χ1n) is 7.20. The number of para-hydroxylation sites is 1. The number of carbonyl (C=O) groups is 1. The van der Waals surface area contributed by atoms with Crippen molar-refractivity contribution in [2.75, 3.05) is 7.11 Å². The molecule has 0 atom stereocenters. The van der Waals surface area contributed by atoms with Gasteiger partial charge in [0.05, 0.1) is 17.7 Å². The van der Waals surface area contributed by atoms with Crippen LogP contribution >= 0.6 is 11.8 Å². The molecule has 6 heteroatoms. The van der Waals surface area contributed by atoms with Crippen LogP contribution in [0.1, 0.15) is 11.5 Å². The van der Waals surface area contributed by atoms with E-state index in [1.807, 2.05) is 43.3 Å². The lowest BCUT2D eigenvalue weighted by molar-refractivity contribution is -0.135. The van der Waals surface area contributed by atoms with E-state index < -0.39 is 5.97 Å². The zero-order valence-electron chi connectivity index (χ0n) is 13.1. The molecule has 1 aliphatic rings. The molecular formula is C18H15NO4S. The number of thioether (sulfide) groups is 1. The summed E-state index contributed by atoms with van der Waals surface area (Å²) in [6, 6.07) is 12.8. The Labute approximate surface area is 143 Å². The van der Waals surface area contributed by atoms with Crippen LogP contribution in [0.5, 0.6) is 0 Å². The lowest BCUT2D eigenvalue weighted by Crippen LogP contribution is -2.10. The van der Waals surface area contributed by atoms with E-state index in [-0.39, 0.29) is 11.3 Å². The van der Waals surface area contributed by atoms with E-state index in [1.54, 1.807) is 12.1 Å². The molecule has 1 aliphatic heterocycles. The zero-order chi connectivity index (χ0) is 17.1. The maximum absolute atomic E-state index is 12.0. The number of aliphatic imine (C=N–C) groups is 1. The normalized spacial score (nSPS) is 17.8. The second kappa shape index (κ2) is 6.80. The van der Waals surface area contributed by atoms with Gasteiger partial charge in [-0.05, 0) is 37.3 Å². The number of carbonyl (C=O) groups excluding carboxylic acids is 1. The Kier molecular flexibility index (Phi) is 4.57. The second-order valence-corrected chi connectivity index (χ2v) is 6.06. The number of esters is 1. The van der Waals surface area contributed by atoms with Gasteiger partial charge in [0.15, 0.2) is 0 Å². The van der Waals surface area contributed by atoms with Crippen LogP contribution in [0.25, 0.3) is 6.08 Å². The highest BCUT2D eigenvalue weighted by Crippen LogP contribution is 2.40. The standard InChI is InChI=1S/C18H15NO4S/c1-11-8-9-13(23-11)10-14-16(20)15(18(21)22-2)17(24-14)19-12-6-4-3-5-7-12/h3-10,20H,1-2H3/b14-10+,19-17?. The third-order valence-electron chi connectivity index (χ3n) is 3.30. The number of aryl methyl sites for hydroxylation is 1. The molecule has 1 N–H and O–H groups in total. The third kappa shape index (κ3) is 3.28. The molecule has 24 heavy (non-hydrogen) atoms. The molecule has 1 aromatic heterocycles. The Morgan fingerprint density at radius 2 is 2.00 bits per heavy atom. The summed E-state index contributed by atoms with van der Waals surface area (Å²) >= 11 is 1.20. The predicted octanol–water partition coefficient (Wildman–Crippen LogP) is 4.39. The molecule has 0 saturated heterocycles. The quantitative estimate of drug-likeness (QED) is 0.838. The first-order valence-corrected chi connectivity index (χ1v) is 8.02. The number of aliphatic hydroxyl groups excluding tert-OH is 1. The summed E-state index contributed by atoms with van der Waals surface area (Å²) in [5.41, 5.74) is 0.741. The second-order valence-electron chi connectivity index (χ2n) is 5.03. The molecule has 122 valence electrons. The Morgan fingerprint density at radius 3 is 2.62 bits per heavy atom. The fraction of sp³-hybridized carbons (Fsp3) is 0.111. The fourth-order valence-corrected chi connectivity index (χ4v) is 3.19. The van der Waals surface area contributed by atoms with Gasteiger partial charge in [0.25, 0.3) is 0 Å². The molecule has 0 amide bonds. The van der Waals surface area contributed by atoms with Crippen molar-refractivity contribution in [3.8, 4) is 0 Å². The highest BCUT2D eigenvalue weighted by molar-refractivity contribution is 8.18. The summed E-state index contributed by atoms with van der Waals surface area (Å²) in [5.74, 6) is 0.565. The molecule has 0 unspecified atom stereocenters. The van der Waals surface area contributed by atoms with Gasteiger partial charge in [-0.15, -0.1) is 0 Å². The number of benzene rings is 1. The highest BCUT2D eigenvalue weighted by Gasteiger charge is 2.33. The molecule has 3 rings (SSSR count). The molecule has 1 aromatic carbocycles. The molecule has 2 heterocycles. The van der Waals surface area contributed by atoms with Crippen molar-refractivity contribution in [1.29, 1.82) is 0 Å². The topological polar surface area (TPSA) is 72.0 Å². The van der Waals surface area contributed by atoms with E-state index >= 15 is 0 Å². The molecule has 2 aromatic rings. The average Bonchev–Trinajstić information content (AvgIpc) is 3.12. The minimum atomic E-state index is -0.631. The lowest BCUT2D eigenvalue weighted by atomic mass is 10.2. The number of aliphatic hydroxyl groups is 1. The first-order chi connectivity index (χ1) is 11.6. The Morgan fingerprint density at radius 1 is 1.25 bits per heavy atom. The van der Waals surface area contributed by atoms with Crippen molar-refractivity contribution in [3.63, 3.8) is 0 Å². The molecule has 0 bridgehead atoms. The van der Waals surface area contributed by atoms with Crippen molar-refractivity contribution >= 4 is 34.5 Å². The molecular weight excluding hydrogens is 326 g/mol. The van der Waals surface area contributed by atoms with Crippen molar-refractivity contribution in [2.24, 2.45) is 4.99 Å². The van der Waals surface area contributed by atoms with Gasteiger partial charge in [-0.2, -0.15) is 0 Å². The van der Waals surface area contributed by atoms with Gasteiger partial charge in [-0.1, -0.05) is 30.0 Å². The smallest absolute Gasteiger partial charge is 0.344 e. The Hall–Kier alpha value is -2.73. The van der Waals surface area contributed by atoms with Gasteiger partial charge in [-0.25, -0.2) is 9.79 Å². The number of rotatable bonds is 3. The molecule has 0 fully saturated rings. The van der Waals surface area contributed by atoms with Gasteiger partial charge < -0.3 is 14.3 Å². The summed E-state index contributed by atoms with van der Waals surface area (Å²) in [7, 11) is 1.27. The van der Waals surface area contributed by atoms with Crippen LogP contribution in [0.2, 0.25) is 0 Å². The van der Waals surface area contributed by atoms with Gasteiger partial charge in [0.2, 0.25) is 0 Å². The summed E-state index contributed by atoms with van der Waals surface area (Å²) < 4.78 is 10.3. The van der Waals surface area contributed by atoms with E-state index in [0.29, 0.717) is 21.4 Å². The van der Waals surface area contributed by atoms with Crippen molar-refractivity contribution < 1.29 is 19.1 Å². The van der Waals surface area contributed by atoms with Gasteiger partial charge in [0.1, 0.15) is 27.9 Å². The number of hydrogen-bond donors (Lipinski definition) is 1. The SMILES string of the molecule is COC(=O)C1=C(O)/C(=C\c2ccc(C)o2)SC1=Nc1ccccc1. The molecule has 5 nitrogen and oxygen atoms in total. The number of nitrogens with zero attached hydrogens (tertiary/aromatic N) is 1. The van der Waals surface area contributed by atoms with Crippen LogP contribution in [-0.2, 0) is 9.53 Å². The van der Waals surface area contributed by atoms with Crippen LogP contribution in [0.3, 0.4) is 0 Å². The number of ether oxygens (including phenoxy) is 1. The molecule has 0 aliphatic carbocycles. The minimum Gasteiger partial charge on any atom is -0.506 e. The van der Waals surface area contributed by atoms with E-state index in [0.717, 1.165) is 5.76 Å². The number of methoxy groups -OCH3 is 1. The van der Waals surface area contributed by atoms with E-state index in [2.05, 4.69) is 4.99 Å². The number of hydrogen-bond acceptors (Lipinski definition) is 6. The lowest BCUT2D eigenvalue weighted by Gasteiger charge is -2.01. The van der Waals surface area contributed by atoms with E-state index in [9.17, 15) is 9.90 Å². The monoisotopic (exact) mass is 341 g/mol. The van der Waals surface area contributed by atoms with Crippen molar-refractivity contribution in [2.45, 2.75) is 6.92 Å². The van der Waals surface area contributed by atoms with Crippen LogP contribution in [0.4, 0.5) is 5.69 Å². The van der Waals surface area contributed by atoms with E-state index in [4.69, 9.17) is 9.15 Å². The minimum absolute atomic E-state index is 0.0564. The van der Waals surface area contributed by atoms with Gasteiger partial charge >= 0.3 is 5.97 Å². The average molecular weight is 341 g/mol. The summed E-state index contributed by atoms with van der Waals surface area (Å²) in [5, 5.41) is 10.8. The number of furan rings is 1. The predicted molar refractivity (Wildman–Crippen MR) is 94.2 cm³/mol. The summed E-state index contributed by atoms with van der Waals surface area (Å²) in [4.78, 5) is 17.0. The van der Waals surface area contributed by atoms with Crippen LogP contribution < -0.4 is 0 Å². The zero-order valence-corrected chi connectivity index (χ0v) is 14.0. The molecule has 0 radical (unpaired) electrons. The van der Waals surface area contributed by atoms with Crippen LogP contribution in [0, 0.1) is 6.92 Å². The Bertz CT molecular complexity index is 862. The Balaban J connectivity index is 2.03. The van der Waals surface area contributed by atoms with Gasteiger partial charge in [0, 0.05) is 0 Å². The molecule has 0 saturated carbocycles. The highest BCUT2D eigenvalue weighted by atomic mass is 32.2. The summed E-state index contributed by atoms with van der Waals surface area (Å²) in [6.45, 7) is 1.83. The van der Waals surface area contributed by atoms with Gasteiger partial charge in [-0.3, -0.25) is 0 Å². The van der Waals surface area contributed by atoms with Crippen LogP contribution in [-0.4, -0.2) is 23.2 Å². The first kappa shape index (κ1) is 16.1.